The summed E-state index contributed by atoms with van der Waals surface area (Å²) in [6, 6.07) is 10.2. The molecule has 9 heteroatoms. The monoisotopic (exact) mass is 373 g/mol. The number of hydrogen-bond donors (Lipinski definition) is 1. The highest BCUT2D eigenvalue weighted by Crippen LogP contribution is 2.20. The molecule has 2 heterocycles. The first kappa shape index (κ1) is 17.6. The summed E-state index contributed by atoms with van der Waals surface area (Å²) in [6.07, 6.45) is 0. The number of aromatic nitrogens is 2. The van der Waals surface area contributed by atoms with Crippen LogP contribution in [0, 0.1) is 0 Å². The topological polar surface area (TPSA) is 103 Å². The summed E-state index contributed by atoms with van der Waals surface area (Å²) in [7, 11) is 1.31. The van der Waals surface area contributed by atoms with Gasteiger partial charge in [0.15, 0.2) is 0 Å². The van der Waals surface area contributed by atoms with E-state index >= 15 is 0 Å². The Morgan fingerprint density at radius 1 is 1.27 bits per heavy atom. The van der Waals surface area contributed by atoms with Crippen molar-refractivity contribution in [3.8, 4) is 10.8 Å². The summed E-state index contributed by atoms with van der Waals surface area (Å²) in [4.78, 5) is 35.9. The molecule has 26 heavy (non-hydrogen) atoms. The summed E-state index contributed by atoms with van der Waals surface area (Å²) in [6.45, 7) is 0.0125. The predicted octanol–water partition coefficient (Wildman–Crippen LogP) is 1.67. The maximum absolute atomic E-state index is 12.0. The van der Waals surface area contributed by atoms with Crippen molar-refractivity contribution in [2.45, 2.75) is 13.1 Å². The van der Waals surface area contributed by atoms with Crippen molar-refractivity contribution in [2.24, 2.45) is 0 Å². The number of esters is 1. The fourth-order valence-corrected chi connectivity index (χ4v) is 2.82. The molecular formula is C17H15N3O5S. The Kier molecular flexibility index (Phi) is 5.28. The zero-order chi connectivity index (χ0) is 18.5. The average molecular weight is 373 g/mol. The molecule has 1 aromatic carbocycles. The third kappa shape index (κ3) is 4.06. The van der Waals surface area contributed by atoms with Crippen LogP contribution in [-0.4, -0.2) is 28.8 Å². The molecule has 0 unspecified atom stereocenters. The molecule has 0 radical (unpaired) electrons. The molecule has 0 bridgehead atoms. The summed E-state index contributed by atoms with van der Waals surface area (Å²) in [5, 5.41) is 8.55. The lowest BCUT2D eigenvalue weighted by atomic mass is 10.1. The van der Waals surface area contributed by atoms with Crippen LogP contribution in [0.25, 0.3) is 10.8 Å². The van der Waals surface area contributed by atoms with Crippen LogP contribution in [0.4, 0.5) is 0 Å². The maximum Gasteiger partial charge on any atom is 0.437 e. The van der Waals surface area contributed by atoms with Crippen LogP contribution in [0.2, 0.25) is 0 Å². The molecule has 1 amide bonds. The number of carbonyl (C=O) groups excluding carboxylic acids is 2. The van der Waals surface area contributed by atoms with Crippen LogP contribution in [0.15, 0.2) is 51.0 Å². The number of hydrogen-bond acceptors (Lipinski definition) is 7. The Bertz CT molecular complexity index is 957. The second-order valence-corrected chi connectivity index (χ2v) is 6.22. The molecule has 134 valence electrons. The van der Waals surface area contributed by atoms with E-state index in [1.54, 1.807) is 30.3 Å². The fourth-order valence-electron chi connectivity index (χ4n) is 2.18. The normalized spacial score (nSPS) is 10.5. The van der Waals surface area contributed by atoms with Crippen molar-refractivity contribution in [3.63, 3.8) is 0 Å². The van der Waals surface area contributed by atoms with Gasteiger partial charge in [0.05, 0.1) is 17.6 Å². The minimum Gasteiger partial charge on any atom is -0.465 e. The average Bonchev–Trinajstić information content (AvgIpc) is 3.30. The Balaban J connectivity index is 1.58. The smallest absolute Gasteiger partial charge is 0.437 e. The van der Waals surface area contributed by atoms with Crippen LogP contribution in [-0.2, 0) is 22.6 Å². The Morgan fingerprint density at radius 3 is 2.69 bits per heavy atom. The first-order valence-electron chi connectivity index (χ1n) is 7.62. The Morgan fingerprint density at radius 2 is 2.04 bits per heavy atom. The first-order valence-corrected chi connectivity index (χ1v) is 8.50. The van der Waals surface area contributed by atoms with E-state index in [1.807, 2.05) is 11.4 Å². The molecule has 2 aromatic heterocycles. The number of nitrogens with one attached hydrogen (secondary N) is 1. The number of methoxy groups -OCH3 is 1. The number of thiophene rings is 1. The number of rotatable bonds is 6. The van der Waals surface area contributed by atoms with Crippen LogP contribution in [0.5, 0.6) is 0 Å². The molecule has 0 aliphatic heterocycles. The zero-order valence-corrected chi connectivity index (χ0v) is 14.6. The summed E-state index contributed by atoms with van der Waals surface area (Å²) in [5.41, 5.74) is 1.23. The van der Waals surface area contributed by atoms with Crippen molar-refractivity contribution >= 4 is 23.2 Å². The molecule has 0 saturated heterocycles. The van der Waals surface area contributed by atoms with Gasteiger partial charge >= 0.3 is 11.7 Å². The van der Waals surface area contributed by atoms with Gasteiger partial charge in [-0.25, -0.2) is 9.59 Å². The second kappa shape index (κ2) is 7.79. The number of benzene rings is 1. The molecular weight excluding hydrogens is 358 g/mol. The van der Waals surface area contributed by atoms with Gasteiger partial charge in [-0.3, -0.25) is 4.79 Å². The van der Waals surface area contributed by atoms with Crippen molar-refractivity contribution in [1.29, 1.82) is 0 Å². The lowest BCUT2D eigenvalue weighted by Gasteiger charge is -2.05. The molecule has 0 fully saturated rings. The molecule has 3 aromatic rings. The third-order valence-corrected chi connectivity index (χ3v) is 4.35. The van der Waals surface area contributed by atoms with Crippen LogP contribution in [0.1, 0.15) is 15.9 Å². The van der Waals surface area contributed by atoms with Gasteiger partial charge in [0.1, 0.15) is 6.54 Å². The standard InChI is InChI=1S/C17H15N3O5S/c1-24-16(22)12-6-4-11(5-7-12)9-18-14(21)10-20-17(23)25-15(19-20)13-3-2-8-26-13/h2-8H,9-10H2,1H3,(H,18,21). The molecule has 0 atom stereocenters. The van der Waals surface area contributed by atoms with Crippen molar-refractivity contribution in [3.05, 3.63) is 63.5 Å². The molecule has 3 rings (SSSR count). The molecule has 1 N–H and O–H groups in total. The predicted molar refractivity (Wildman–Crippen MR) is 93.7 cm³/mol. The quantitative estimate of drug-likeness (QED) is 0.659. The van der Waals surface area contributed by atoms with Gasteiger partial charge in [-0.1, -0.05) is 18.2 Å². The van der Waals surface area contributed by atoms with Crippen molar-refractivity contribution in [2.75, 3.05) is 7.11 Å². The van der Waals surface area contributed by atoms with E-state index in [9.17, 15) is 14.4 Å². The third-order valence-electron chi connectivity index (χ3n) is 3.50. The van der Waals surface area contributed by atoms with E-state index in [1.165, 1.54) is 18.4 Å². The van der Waals surface area contributed by atoms with Gasteiger partial charge in [0.25, 0.3) is 5.89 Å². The van der Waals surface area contributed by atoms with Gasteiger partial charge < -0.3 is 14.5 Å². The minimum atomic E-state index is -0.689. The summed E-state index contributed by atoms with van der Waals surface area (Å²) < 4.78 is 10.7. The molecule has 0 spiro atoms. The number of amides is 1. The Labute approximate surface area is 152 Å². The van der Waals surface area contributed by atoms with E-state index in [-0.39, 0.29) is 24.9 Å². The molecule has 0 aliphatic rings. The van der Waals surface area contributed by atoms with E-state index < -0.39 is 11.7 Å². The maximum atomic E-state index is 12.0. The lowest BCUT2D eigenvalue weighted by Crippen LogP contribution is -2.31. The number of nitrogens with zero attached hydrogens (tertiary/aromatic N) is 2. The van der Waals surface area contributed by atoms with E-state index in [0.717, 1.165) is 10.2 Å². The second-order valence-electron chi connectivity index (χ2n) is 5.27. The Hall–Kier alpha value is -3.20. The highest BCUT2D eigenvalue weighted by atomic mass is 32.1. The lowest BCUT2D eigenvalue weighted by molar-refractivity contribution is -0.122. The van der Waals surface area contributed by atoms with Gasteiger partial charge in [0.2, 0.25) is 5.91 Å². The highest BCUT2D eigenvalue weighted by Gasteiger charge is 2.13. The largest absolute Gasteiger partial charge is 0.465 e. The zero-order valence-electron chi connectivity index (χ0n) is 13.8. The molecule has 0 aliphatic carbocycles. The van der Waals surface area contributed by atoms with Gasteiger partial charge in [-0.05, 0) is 29.1 Å². The number of ether oxygens (including phenoxy) is 1. The van der Waals surface area contributed by atoms with Crippen LogP contribution in [0.3, 0.4) is 0 Å². The van der Waals surface area contributed by atoms with Gasteiger partial charge in [0, 0.05) is 6.54 Å². The highest BCUT2D eigenvalue weighted by molar-refractivity contribution is 7.13. The van der Waals surface area contributed by atoms with E-state index in [2.05, 4.69) is 15.2 Å². The van der Waals surface area contributed by atoms with Crippen LogP contribution < -0.4 is 11.1 Å². The van der Waals surface area contributed by atoms with Gasteiger partial charge in [-0.2, -0.15) is 4.68 Å². The first-order chi connectivity index (χ1) is 12.6. The molecule has 0 saturated carbocycles. The summed E-state index contributed by atoms with van der Waals surface area (Å²) >= 11 is 1.39. The fraction of sp³-hybridized carbons (Fsp3) is 0.176. The van der Waals surface area contributed by atoms with E-state index in [4.69, 9.17) is 4.42 Å². The van der Waals surface area contributed by atoms with Gasteiger partial charge in [-0.15, -0.1) is 16.4 Å². The van der Waals surface area contributed by atoms with Crippen molar-refractivity contribution in [1.82, 2.24) is 15.1 Å². The van der Waals surface area contributed by atoms with E-state index in [0.29, 0.717) is 10.4 Å². The minimum absolute atomic E-state index is 0.191. The van der Waals surface area contributed by atoms with Crippen molar-refractivity contribution < 1.29 is 18.7 Å². The number of carbonyl (C=O) groups is 2. The molecule has 8 nitrogen and oxygen atoms in total. The SMILES string of the molecule is COC(=O)c1ccc(CNC(=O)Cn2nc(-c3cccs3)oc2=O)cc1. The van der Waals surface area contributed by atoms with Crippen LogP contribution >= 0.6 is 11.3 Å². The summed E-state index contributed by atoms with van der Waals surface area (Å²) in [5.74, 6) is -1.30.